The van der Waals surface area contributed by atoms with Crippen molar-refractivity contribution in [1.82, 2.24) is 4.90 Å². The molecule has 0 aromatic carbocycles. The lowest BCUT2D eigenvalue weighted by molar-refractivity contribution is -0.303. The number of rotatable bonds is 5. The summed E-state index contributed by atoms with van der Waals surface area (Å²) in [6.07, 6.45) is -2.88. The Bertz CT molecular complexity index is 479. The van der Waals surface area contributed by atoms with Crippen LogP contribution in [0.25, 0.3) is 0 Å². The molecule has 2 atom stereocenters. The van der Waals surface area contributed by atoms with Crippen LogP contribution in [-0.4, -0.2) is 77.1 Å². The molecule has 0 unspecified atom stereocenters. The van der Waals surface area contributed by atoms with E-state index in [2.05, 4.69) is 9.47 Å². The van der Waals surface area contributed by atoms with E-state index in [9.17, 15) is 14.7 Å². The molecule has 0 aromatic heterocycles. The Morgan fingerprint density at radius 3 is 2.52 bits per heavy atom. The van der Waals surface area contributed by atoms with Crippen molar-refractivity contribution in [1.29, 1.82) is 5.41 Å². The summed E-state index contributed by atoms with van der Waals surface area (Å²) in [5.74, 6) is -3.76. The van der Waals surface area contributed by atoms with Crippen molar-refractivity contribution in [2.45, 2.75) is 19.1 Å². The molecule has 0 bridgehead atoms. The number of guanidine groups is 1. The van der Waals surface area contributed by atoms with Crippen LogP contribution in [0.3, 0.4) is 0 Å². The Kier molecular flexibility index (Phi) is 8.44. The summed E-state index contributed by atoms with van der Waals surface area (Å²) < 4.78 is 8.88. The van der Waals surface area contributed by atoms with Crippen LogP contribution in [0, 0.1) is 5.41 Å². The van der Waals surface area contributed by atoms with E-state index >= 15 is 0 Å². The summed E-state index contributed by atoms with van der Waals surface area (Å²) in [5, 5.41) is 43.7. The number of nitrogens with two attached hydrogens (primary N) is 1. The molecule has 0 saturated heterocycles. The Morgan fingerprint density at radius 1 is 1.61 bits per heavy atom. The molecule has 0 amide bonds. The molecule has 1 aliphatic heterocycles. The van der Waals surface area contributed by atoms with Gasteiger partial charge in [0.1, 0.15) is 18.4 Å². The van der Waals surface area contributed by atoms with Crippen LogP contribution in [0.2, 0.25) is 0 Å². The predicted molar refractivity (Wildman–Crippen MR) is 73.8 cm³/mol. The molecular weight excluding hydrogens is 314 g/mol. The molecule has 0 aromatic rings. The number of aliphatic hydroxyl groups is 3. The number of hydrogen-bond acceptors (Lipinski definition) is 9. The molecule has 0 aliphatic carbocycles. The van der Waals surface area contributed by atoms with Gasteiger partial charge >= 0.3 is 11.9 Å². The van der Waals surface area contributed by atoms with Gasteiger partial charge in [-0.25, -0.2) is 4.79 Å². The SMILES string of the molecule is CCOC(=O)CN(C)C(=N)N.O=C1O[C@H]([C@@H](O)CO)C(O)=C1[O-]. The first kappa shape index (κ1) is 20.5. The van der Waals surface area contributed by atoms with Gasteiger partial charge < -0.3 is 40.5 Å². The normalized spacial score (nSPS) is 17.7. The second-order valence-electron chi connectivity index (χ2n) is 4.34. The summed E-state index contributed by atoms with van der Waals surface area (Å²) >= 11 is 0. The summed E-state index contributed by atoms with van der Waals surface area (Å²) in [4.78, 5) is 22.5. The lowest BCUT2D eigenvalue weighted by Gasteiger charge is -2.14. The number of nitrogens with zero attached hydrogens (tertiary/aromatic N) is 1. The highest BCUT2D eigenvalue weighted by molar-refractivity contribution is 5.88. The maximum absolute atomic E-state index is 10.7. The van der Waals surface area contributed by atoms with Gasteiger partial charge in [-0.3, -0.25) is 10.2 Å². The van der Waals surface area contributed by atoms with Gasteiger partial charge in [0.2, 0.25) is 0 Å². The maximum Gasteiger partial charge on any atom is 0.327 e. The quantitative estimate of drug-likeness (QED) is 0.194. The van der Waals surface area contributed by atoms with Crippen LogP contribution in [0.4, 0.5) is 0 Å². The number of carbonyl (C=O) groups is 2. The fraction of sp³-hybridized carbons (Fsp3) is 0.583. The lowest BCUT2D eigenvalue weighted by Crippen LogP contribution is -2.37. The van der Waals surface area contributed by atoms with E-state index in [-0.39, 0.29) is 18.5 Å². The highest BCUT2D eigenvalue weighted by atomic mass is 16.6. The van der Waals surface area contributed by atoms with E-state index in [1.54, 1.807) is 14.0 Å². The Labute approximate surface area is 132 Å². The molecule has 0 spiro atoms. The molecule has 0 saturated carbocycles. The number of cyclic esters (lactones) is 1. The second kappa shape index (κ2) is 9.48. The largest absolute Gasteiger partial charge is 0.865 e. The van der Waals surface area contributed by atoms with E-state index in [1.165, 1.54) is 4.90 Å². The van der Waals surface area contributed by atoms with Gasteiger partial charge in [0.25, 0.3) is 0 Å². The summed E-state index contributed by atoms with van der Waals surface area (Å²) in [7, 11) is 1.55. The van der Waals surface area contributed by atoms with Gasteiger partial charge in [-0.05, 0) is 6.92 Å². The minimum Gasteiger partial charge on any atom is -0.865 e. The third kappa shape index (κ3) is 6.40. The number of carbonyl (C=O) groups excluding carboxylic acids is 2. The molecule has 1 heterocycles. The summed E-state index contributed by atoms with van der Waals surface area (Å²) in [6, 6.07) is 0. The predicted octanol–water partition coefficient (Wildman–Crippen LogP) is -3.23. The fourth-order valence-corrected chi connectivity index (χ4v) is 1.30. The summed E-state index contributed by atoms with van der Waals surface area (Å²) in [6.45, 7) is 1.41. The number of esters is 2. The van der Waals surface area contributed by atoms with Gasteiger partial charge in [0.05, 0.1) is 13.2 Å². The topological polar surface area (TPSA) is 189 Å². The average Bonchev–Trinajstić information content (AvgIpc) is 2.74. The number of hydrogen-bond donors (Lipinski definition) is 5. The van der Waals surface area contributed by atoms with Crippen molar-refractivity contribution in [3.63, 3.8) is 0 Å². The third-order valence-electron chi connectivity index (χ3n) is 2.54. The van der Waals surface area contributed by atoms with E-state index < -0.39 is 36.3 Å². The molecule has 23 heavy (non-hydrogen) atoms. The molecule has 0 fully saturated rings. The lowest BCUT2D eigenvalue weighted by atomic mass is 10.2. The first-order valence-electron chi connectivity index (χ1n) is 6.46. The van der Waals surface area contributed by atoms with E-state index in [0.717, 1.165) is 0 Å². The molecule has 1 rings (SSSR count). The fourth-order valence-electron chi connectivity index (χ4n) is 1.30. The maximum atomic E-state index is 10.7. The third-order valence-corrected chi connectivity index (χ3v) is 2.54. The van der Waals surface area contributed by atoms with Crippen molar-refractivity contribution in [2.24, 2.45) is 5.73 Å². The molecule has 1 aliphatic rings. The van der Waals surface area contributed by atoms with Crippen molar-refractivity contribution >= 4 is 17.9 Å². The average molecular weight is 334 g/mol. The van der Waals surface area contributed by atoms with Gasteiger partial charge in [0, 0.05) is 12.8 Å². The van der Waals surface area contributed by atoms with Crippen LogP contribution in [0.5, 0.6) is 0 Å². The smallest absolute Gasteiger partial charge is 0.327 e. The van der Waals surface area contributed by atoms with Gasteiger partial charge in [-0.15, -0.1) is 0 Å². The number of nitrogens with one attached hydrogen (secondary N) is 1. The monoisotopic (exact) mass is 334 g/mol. The molecule has 11 heteroatoms. The Morgan fingerprint density at radius 2 is 2.17 bits per heavy atom. The first-order chi connectivity index (χ1) is 10.6. The minimum atomic E-state index is -1.46. The van der Waals surface area contributed by atoms with Crippen LogP contribution in [0.1, 0.15) is 6.92 Å². The van der Waals surface area contributed by atoms with Gasteiger partial charge in [0.15, 0.2) is 12.1 Å². The first-order valence-corrected chi connectivity index (χ1v) is 6.46. The zero-order valence-electron chi connectivity index (χ0n) is 12.7. The van der Waals surface area contributed by atoms with Crippen LogP contribution < -0.4 is 10.8 Å². The highest BCUT2D eigenvalue weighted by Gasteiger charge is 2.34. The molecule has 11 nitrogen and oxygen atoms in total. The van der Waals surface area contributed by atoms with Crippen LogP contribution >= 0.6 is 0 Å². The highest BCUT2D eigenvalue weighted by Crippen LogP contribution is 2.19. The van der Waals surface area contributed by atoms with Crippen molar-refractivity contribution in [2.75, 3.05) is 26.8 Å². The van der Waals surface area contributed by atoms with Crippen molar-refractivity contribution in [3.05, 3.63) is 11.5 Å². The van der Waals surface area contributed by atoms with Crippen LogP contribution in [0.15, 0.2) is 11.5 Å². The number of likely N-dealkylation sites (N-methyl/N-ethyl adjacent to an activating group) is 1. The zero-order valence-corrected chi connectivity index (χ0v) is 12.7. The Balaban J connectivity index is 0.000000423. The van der Waals surface area contributed by atoms with E-state index in [0.29, 0.717) is 6.61 Å². The second-order valence-corrected chi connectivity index (χ2v) is 4.34. The standard InChI is InChI=1S/C6H13N3O2.C6H8O6/c1-3-11-5(10)4-9(2)6(7)8;7-1-2(8)5-3(9)4(10)6(11)12-5/h3-4H2,1-2H3,(H3,7,8);2,5,7-10H,1H2/p-1/t;2-,5+/m.0/s1. The minimum absolute atomic E-state index is 0.0309. The van der Waals surface area contributed by atoms with Crippen molar-refractivity contribution in [3.8, 4) is 0 Å². The van der Waals surface area contributed by atoms with E-state index in [4.69, 9.17) is 26.5 Å². The molecule has 132 valence electrons. The zero-order chi connectivity index (χ0) is 18.2. The molecule has 6 N–H and O–H groups in total. The van der Waals surface area contributed by atoms with Crippen LogP contribution in [-0.2, 0) is 19.1 Å². The van der Waals surface area contributed by atoms with Crippen molar-refractivity contribution < 1.29 is 39.5 Å². The van der Waals surface area contributed by atoms with Gasteiger partial charge in [-0.2, -0.15) is 0 Å². The number of aliphatic hydroxyl groups excluding tert-OH is 3. The summed E-state index contributed by atoms with van der Waals surface area (Å²) in [5.41, 5.74) is 5.08. The van der Waals surface area contributed by atoms with Gasteiger partial charge in [-0.1, -0.05) is 0 Å². The molecule has 0 radical (unpaired) electrons. The molecular formula is C12H20N3O8-. The number of ether oxygens (including phenoxy) is 2. The van der Waals surface area contributed by atoms with E-state index in [1.807, 2.05) is 0 Å². The Hall–Kier alpha value is -2.53.